The zero-order chi connectivity index (χ0) is 12.1. The predicted molar refractivity (Wildman–Crippen MR) is 61.0 cm³/mol. The number of methoxy groups -OCH3 is 1. The second-order valence-corrected chi connectivity index (χ2v) is 4.53. The summed E-state index contributed by atoms with van der Waals surface area (Å²) in [6.45, 7) is 4.38. The molecule has 0 aromatic rings. The molecule has 0 aliphatic carbocycles. The van der Waals surface area contributed by atoms with Crippen molar-refractivity contribution in [2.75, 3.05) is 40.4 Å². The summed E-state index contributed by atoms with van der Waals surface area (Å²) in [4.78, 5) is 13.6. The molecule has 2 atom stereocenters. The lowest BCUT2D eigenvalue weighted by atomic mass is 9.88. The molecule has 94 valence electrons. The Morgan fingerprint density at radius 2 is 2.25 bits per heavy atom. The summed E-state index contributed by atoms with van der Waals surface area (Å²) >= 11 is 0. The summed E-state index contributed by atoms with van der Waals surface area (Å²) in [6.07, 6.45) is -0.606. The third-order valence-corrected chi connectivity index (χ3v) is 3.13. The van der Waals surface area contributed by atoms with Crippen molar-refractivity contribution in [1.82, 2.24) is 10.2 Å². The van der Waals surface area contributed by atoms with Gasteiger partial charge in [0.1, 0.15) is 0 Å². The van der Waals surface area contributed by atoms with Crippen molar-refractivity contribution in [3.63, 3.8) is 0 Å². The molecule has 1 heterocycles. The number of aliphatic hydroxyl groups excluding tert-OH is 1. The lowest BCUT2D eigenvalue weighted by Gasteiger charge is -2.34. The van der Waals surface area contributed by atoms with Gasteiger partial charge < -0.3 is 20.1 Å². The maximum Gasteiger partial charge on any atom is 0.225 e. The zero-order valence-corrected chi connectivity index (χ0v) is 10.3. The molecule has 1 saturated heterocycles. The van der Waals surface area contributed by atoms with Gasteiger partial charge >= 0.3 is 0 Å². The highest BCUT2D eigenvalue weighted by Gasteiger charge is 2.30. The van der Waals surface area contributed by atoms with Crippen molar-refractivity contribution in [2.24, 2.45) is 11.8 Å². The van der Waals surface area contributed by atoms with Gasteiger partial charge in [-0.3, -0.25) is 4.79 Å². The van der Waals surface area contributed by atoms with E-state index in [0.29, 0.717) is 12.5 Å². The Kier molecular flexibility index (Phi) is 5.18. The Hall–Kier alpha value is -0.650. The fourth-order valence-electron chi connectivity index (χ4n) is 1.87. The highest BCUT2D eigenvalue weighted by atomic mass is 16.5. The first kappa shape index (κ1) is 13.4. The average Bonchev–Trinajstić information content (AvgIpc) is 2.13. The van der Waals surface area contributed by atoms with Crippen LogP contribution in [0.15, 0.2) is 0 Å². The molecule has 1 aliphatic rings. The van der Waals surface area contributed by atoms with Crippen molar-refractivity contribution in [3.8, 4) is 0 Å². The number of carbonyl (C=O) groups is 1. The SMILES string of the molecule is COCC(O)CN(C)C(=O)C(C)C1CNC1. The maximum absolute atomic E-state index is 12.0. The molecule has 1 rings (SSSR count). The molecular weight excluding hydrogens is 208 g/mol. The number of nitrogens with zero attached hydrogens (tertiary/aromatic N) is 1. The van der Waals surface area contributed by atoms with E-state index in [-0.39, 0.29) is 18.4 Å². The van der Waals surface area contributed by atoms with Gasteiger partial charge in [0.2, 0.25) is 5.91 Å². The Bertz CT molecular complexity index is 231. The van der Waals surface area contributed by atoms with Gasteiger partial charge in [0.15, 0.2) is 0 Å². The molecule has 16 heavy (non-hydrogen) atoms. The Morgan fingerprint density at radius 3 is 2.69 bits per heavy atom. The van der Waals surface area contributed by atoms with Crippen LogP contribution in [0.1, 0.15) is 6.92 Å². The van der Waals surface area contributed by atoms with Crippen LogP contribution in [0.5, 0.6) is 0 Å². The number of amides is 1. The summed E-state index contributed by atoms with van der Waals surface area (Å²) < 4.78 is 4.83. The molecular formula is C11H22N2O3. The van der Waals surface area contributed by atoms with Gasteiger partial charge in [0.05, 0.1) is 12.7 Å². The number of rotatable bonds is 6. The van der Waals surface area contributed by atoms with Crippen molar-refractivity contribution < 1.29 is 14.6 Å². The summed E-state index contributed by atoms with van der Waals surface area (Å²) in [7, 11) is 3.26. The average molecular weight is 230 g/mol. The first-order valence-corrected chi connectivity index (χ1v) is 5.69. The Morgan fingerprint density at radius 1 is 1.62 bits per heavy atom. The van der Waals surface area contributed by atoms with Crippen molar-refractivity contribution in [2.45, 2.75) is 13.0 Å². The highest BCUT2D eigenvalue weighted by Crippen LogP contribution is 2.17. The van der Waals surface area contributed by atoms with E-state index in [1.165, 1.54) is 7.11 Å². The van der Waals surface area contributed by atoms with Crippen LogP contribution < -0.4 is 5.32 Å². The summed E-state index contributed by atoms with van der Waals surface area (Å²) in [6, 6.07) is 0. The molecule has 2 unspecified atom stereocenters. The second-order valence-electron chi connectivity index (χ2n) is 4.53. The number of nitrogens with one attached hydrogen (secondary N) is 1. The molecule has 5 nitrogen and oxygen atoms in total. The van der Waals surface area contributed by atoms with E-state index in [0.717, 1.165) is 13.1 Å². The monoisotopic (exact) mass is 230 g/mol. The molecule has 2 N–H and O–H groups in total. The summed E-state index contributed by atoms with van der Waals surface area (Å²) in [5.74, 6) is 0.567. The van der Waals surface area contributed by atoms with Gasteiger partial charge in [-0.25, -0.2) is 0 Å². The third-order valence-electron chi connectivity index (χ3n) is 3.13. The molecule has 0 saturated carbocycles. The number of hydrogen-bond donors (Lipinski definition) is 2. The van der Waals surface area contributed by atoms with E-state index in [1.807, 2.05) is 6.92 Å². The van der Waals surface area contributed by atoms with Gasteiger partial charge in [-0.1, -0.05) is 6.92 Å². The normalized spacial score (nSPS) is 20.0. The van der Waals surface area contributed by atoms with E-state index in [1.54, 1.807) is 11.9 Å². The Balaban J connectivity index is 2.34. The first-order valence-electron chi connectivity index (χ1n) is 5.69. The number of aliphatic hydroxyl groups is 1. The number of ether oxygens (including phenoxy) is 1. The fraction of sp³-hybridized carbons (Fsp3) is 0.909. The fourth-order valence-corrected chi connectivity index (χ4v) is 1.87. The van der Waals surface area contributed by atoms with Gasteiger partial charge in [-0.15, -0.1) is 0 Å². The molecule has 1 aliphatic heterocycles. The highest BCUT2D eigenvalue weighted by molar-refractivity contribution is 5.78. The minimum atomic E-state index is -0.606. The van der Waals surface area contributed by atoms with Crippen LogP contribution in [0.4, 0.5) is 0 Å². The molecule has 0 radical (unpaired) electrons. The van der Waals surface area contributed by atoms with Crippen LogP contribution in [0.3, 0.4) is 0 Å². The number of carbonyl (C=O) groups excluding carboxylic acids is 1. The predicted octanol–water partition coefficient (Wildman–Crippen LogP) is -0.692. The van der Waals surface area contributed by atoms with Crippen LogP contribution >= 0.6 is 0 Å². The van der Waals surface area contributed by atoms with Crippen LogP contribution in [0.2, 0.25) is 0 Å². The smallest absolute Gasteiger partial charge is 0.225 e. The van der Waals surface area contributed by atoms with Crippen molar-refractivity contribution in [1.29, 1.82) is 0 Å². The van der Waals surface area contributed by atoms with Crippen LogP contribution in [-0.4, -0.2) is 62.4 Å². The largest absolute Gasteiger partial charge is 0.389 e. The van der Waals surface area contributed by atoms with Crippen LogP contribution in [0, 0.1) is 11.8 Å². The van der Waals surface area contributed by atoms with Crippen LogP contribution in [0.25, 0.3) is 0 Å². The lowest BCUT2D eigenvalue weighted by molar-refractivity contribution is -0.137. The molecule has 0 aromatic carbocycles. The van der Waals surface area contributed by atoms with E-state index >= 15 is 0 Å². The standard InChI is InChI=1S/C11H22N2O3/c1-8(9-4-12-5-9)11(15)13(2)6-10(14)7-16-3/h8-10,12,14H,4-7H2,1-3H3. The first-order chi connectivity index (χ1) is 7.56. The summed E-state index contributed by atoms with van der Waals surface area (Å²) in [5.41, 5.74) is 0. The molecule has 0 bridgehead atoms. The molecule has 0 aromatic heterocycles. The maximum atomic E-state index is 12.0. The van der Waals surface area contributed by atoms with Crippen molar-refractivity contribution in [3.05, 3.63) is 0 Å². The van der Waals surface area contributed by atoms with Gasteiger partial charge in [0.25, 0.3) is 0 Å². The molecule has 1 fully saturated rings. The number of hydrogen-bond acceptors (Lipinski definition) is 4. The quantitative estimate of drug-likeness (QED) is 0.634. The molecule has 0 spiro atoms. The zero-order valence-electron chi connectivity index (χ0n) is 10.3. The van der Waals surface area contributed by atoms with Gasteiger partial charge in [-0.2, -0.15) is 0 Å². The van der Waals surface area contributed by atoms with E-state index < -0.39 is 6.10 Å². The van der Waals surface area contributed by atoms with Crippen molar-refractivity contribution >= 4 is 5.91 Å². The third kappa shape index (κ3) is 3.43. The molecule has 5 heteroatoms. The van der Waals surface area contributed by atoms with E-state index in [2.05, 4.69) is 5.32 Å². The lowest BCUT2D eigenvalue weighted by Crippen LogP contribution is -2.50. The molecule has 1 amide bonds. The minimum Gasteiger partial charge on any atom is -0.389 e. The van der Waals surface area contributed by atoms with E-state index in [9.17, 15) is 9.90 Å². The number of likely N-dealkylation sites (N-methyl/N-ethyl adjacent to an activating group) is 1. The van der Waals surface area contributed by atoms with Crippen LogP contribution in [-0.2, 0) is 9.53 Å². The second kappa shape index (κ2) is 6.18. The minimum absolute atomic E-state index is 0.0287. The topological polar surface area (TPSA) is 61.8 Å². The Labute approximate surface area is 96.8 Å². The van der Waals surface area contributed by atoms with Gasteiger partial charge in [0, 0.05) is 26.6 Å². The summed E-state index contributed by atoms with van der Waals surface area (Å²) in [5, 5.41) is 12.7. The van der Waals surface area contributed by atoms with E-state index in [4.69, 9.17) is 4.74 Å². The van der Waals surface area contributed by atoms with Gasteiger partial charge in [-0.05, 0) is 19.0 Å².